The molecule has 1 unspecified atom stereocenters. The summed E-state index contributed by atoms with van der Waals surface area (Å²) >= 11 is 0. The molecule has 1 atom stereocenters. The molecule has 0 radical (unpaired) electrons. The van der Waals surface area contributed by atoms with Gasteiger partial charge in [0.1, 0.15) is 0 Å². The smallest absolute Gasteiger partial charge is 0.213 e. The molecular formula is C12H26N2O2S. The molecule has 0 aromatic carbocycles. The van der Waals surface area contributed by atoms with Gasteiger partial charge in [-0.3, -0.25) is 0 Å². The molecule has 17 heavy (non-hydrogen) atoms. The van der Waals surface area contributed by atoms with Crippen LogP contribution in [0.25, 0.3) is 0 Å². The molecule has 0 aromatic heterocycles. The van der Waals surface area contributed by atoms with Crippen molar-refractivity contribution in [2.45, 2.75) is 51.5 Å². The van der Waals surface area contributed by atoms with Crippen LogP contribution in [-0.4, -0.2) is 44.7 Å². The first-order valence-electron chi connectivity index (χ1n) is 6.73. The second kappa shape index (κ2) is 7.34. The van der Waals surface area contributed by atoms with E-state index in [1.54, 1.807) is 7.05 Å². The summed E-state index contributed by atoms with van der Waals surface area (Å²) in [5.41, 5.74) is 0. The SMILES string of the molecule is CCCCS(=O)(=O)N(C)CCC1CCCCN1. The number of nitrogens with one attached hydrogen (secondary N) is 1. The largest absolute Gasteiger partial charge is 0.314 e. The van der Waals surface area contributed by atoms with Crippen molar-refractivity contribution in [2.75, 3.05) is 25.9 Å². The minimum absolute atomic E-state index is 0.290. The molecule has 5 heteroatoms. The molecule has 1 N–H and O–H groups in total. The van der Waals surface area contributed by atoms with Gasteiger partial charge in [0.05, 0.1) is 5.75 Å². The van der Waals surface area contributed by atoms with Gasteiger partial charge in [-0.2, -0.15) is 0 Å². The third-order valence-electron chi connectivity index (χ3n) is 3.44. The highest BCUT2D eigenvalue weighted by molar-refractivity contribution is 7.89. The van der Waals surface area contributed by atoms with Gasteiger partial charge in [-0.25, -0.2) is 12.7 Å². The van der Waals surface area contributed by atoms with E-state index < -0.39 is 10.0 Å². The zero-order chi connectivity index (χ0) is 12.7. The van der Waals surface area contributed by atoms with Gasteiger partial charge >= 0.3 is 0 Å². The van der Waals surface area contributed by atoms with Crippen LogP contribution in [0.2, 0.25) is 0 Å². The third kappa shape index (κ3) is 5.36. The van der Waals surface area contributed by atoms with E-state index >= 15 is 0 Å². The van der Waals surface area contributed by atoms with E-state index in [2.05, 4.69) is 5.32 Å². The predicted molar refractivity (Wildman–Crippen MR) is 71.6 cm³/mol. The molecule has 0 amide bonds. The maximum atomic E-state index is 11.9. The molecule has 4 nitrogen and oxygen atoms in total. The van der Waals surface area contributed by atoms with Crippen molar-refractivity contribution in [1.82, 2.24) is 9.62 Å². The summed E-state index contributed by atoms with van der Waals surface area (Å²) < 4.78 is 25.3. The summed E-state index contributed by atoms with van der Waals surface area (Å²) in [4.78, 5) is 0. The van der Waals surface area contributed by atoms with Crippen LogP contribution < -0.4 is 5.32 Å². The first kappa shape index (κ1) is 14.9. The summed E-state index contributed by atoms with van der Waals surface area (Å²) in [6.45, 7) is 3.74. The predicted octanol–water partition coefficient (Wildman–Crippen LogP) is 1.58. The first-order valence-corrected chi connectivity index (χ1v) is 8.34. The average molecular weight is 262 g/mol. The van der Waals surface area contributed by atoms with Crippen LogP contribution in [0.15, 0.2) is 0 Å². The molecule has 0 aromatic rings. The molecular weight excluding hydrogens is 236 g/mol. The van der Waals surface area contributed by atoms with Crippen LogP contribution in [0, 0.1) is 0 Å². The van der Waals surface area contributed by atoms with Gasteiger partial charge in [-0.15, -0.1) is 0 Å². The van der Waals surface area contributed by atoms with Crippen molar-refractivity contribution in [3.63, 3.8) is 0 Å². The number of sulfonamides is 1. The fourth-order valence-electron chi connectivity index (χ4n) is 2.13. The maximum absolute atomic E-state index is 11.9. The minimum Gasteiger partial charge on any atom is -0.314 e. The summed E-state index contributed by atoms with van der Waals surface area (Å²) in [7, 11) is -1.32. The summed E-state index contributed by atoms with van der Waals surface area (Å²) in [5.74, 6) is 0.290. The fraction of sp³-hybridized carbons (Fsp3) is 1.00. The van der Waals surface area contributed by atoms with Gasteiger partial charge in [-0.05, 0) is 32.2 Å². The number of unbranched alkanes of at least 4 members (excludes halogenated alkanes) is 1. The summed E-state index contributed by atoms with van der Waals surface area (Å²) in [6.07, 6.45) is 6.32. The molecule has 1 rings (SSSR count). The Hall–Kier alpha value is -0.130. The Morgan fingerprint density at radius 1 is 1.35 bits per heavy atom. The molecule has 1 saturated heterocycles. The first-order chi connectivity index (χ1) is 8.06. The second-order valence-corrected chi connectivity index (χ2v) is 7.12. The van der Waals surface area contributed by atoms with E-state index in [1.165, 1.54) is 23.6 Å². The van der Waals surface area contributed by atoms with Crippen LogP contribution in [0.3, 0.4) is 0 Å². The number of rotatable bonds is 7. The van der Waals surface area contributed by atoms with E-state index in [0.717, 1.165) is 25.8 Å². The van der Waals surface area contributed by atoms with E-state index in [1.807, 2.05) is 6.92 Å². The van der Waals surface area contributed by atoms with Crippen molar-refractivity contribution >= 4 is 10.0 Å². The average Bonchev–Trinajstić information content (AvgIpc) is 2.34. The fourth-order valence-corrected chi connectivity index (χ4v) is 3.48. The summed E-state index contributed by atoms with van der Waals surface area (Å²) in [5, 5.41) is 3.45. The van der Waals surface area contributed by atoms with Crippen LogP contribution in [0.4, 0.5) is 0 Å². The Morgan fingerprint density at radius 3 is 2.71 bits per heavy atom. The zero-order valence-corrected chi connectivity index (χ0v) is 11.9. The molecule has 1 heterocycles. The molecule has 0 aliphatic carbocycles. The Balaban J connectivity index is 2.29. The number of piperidine rings is 1. The standard InChI is InChI=1S/C12H26N2O2S/c1-3-4-11-17(15,16)14(2)10-8-12-7-5-6-9-13-12/h12-13H,3-11H2,1-2H3. The monoisotopic (exact) mass is 262 g/mol. The van der Waals surface area contributed by atoms with Crippen molar-refractivity contribution in [1.29, 1.82) is 0 Å². The highest BCUT2D eigenvalue weighted by Crippen LogP contribution is 2.11. The lowest BCUT2D eigenvalue weighted by atomic mass is 10.0. The highest BCUT2D eigenvalue weighted by atomic mass is 32.2. The van der Waals surface area contributed by atoms with Crippen molar-refractivity contribution in [3.05, 3.63) is 0 Å². The van der Waals surface area contributed by atoms with Gasteiger partial charge in [0, 0.05) is 19.6 Å². The van der Waals surface area contributed by atoms with E-state index in [4.69, 9.17) is 0 Å². The van der Waals surface area contributed by atoms with E-state index in [0.29, 0.717) is 12.6 Å². The number of hydrogen-bond acceptors (Lipinski definition) is 3. The van der Waals surface area contributed by atoms with Crippen LogP contribution in [0.5, 0.6) is 0 Å². The topological polar surface area (TPSA) is 49.4 Å². The lowest BCUT2D eigenvalue weighted by Crippen LogP contribution is -2.38. The molecule has 1 fully saturated rings. The molecule has 0 bridgehead atoms. The zero-order valence-electron chi connectivity index (χ0n) is 11.1. The van der Waals surface area contributed by atoms with Crippen molar-refractivity contribution < 1.29 is 8.42 Å². The minimum atomic E-state index is -3.02. The van der Waals surface area contributed by atoms with E-state index in [-0.39, 0.29) is 5.75 Å². The molecule has 0 saturated carbocycles. The van der Waals surface area contributed by atoms with Crippen LogP contribution in [0.1, 0.15) is 45.4 Å². The Morgan fingerprint density at radius 2 is 2.12 bits per heavy atom. The highest BCUT2D eigenvalue weighted by Gasteiger charge is 2.19. The molecule has 0 spiro atoms. The Bertz CT molecular complexity index is 298. The number of hydrogen-bond donors (Lipinski definition) is 1. The van der Waals surface area contributed by atoms with Crippen LogP contribution >= 0.6 is 0 Å². The lowest BCUT2D eigenvalue weighted by Gasteiger charge is -2.25. The Labute approximate surface area is 106 Å². The van der Waals surface area contributed by atoms with Crippen molar-refractivity contribution in [3.8, 4) is 0 Å². The van der Waals surface area contributed by atoms with Crippen LogP contribution in [-0.2, 0) is 10.0 Å². The summed E-state index contributed by atoms with van der Waals surface area (Å²) in [6, 6.07) is 0.507. The quantitative estimate of drug-likeness (QED) is 0.758. The lowest BCUT2D eigenvalue weighted by molar-refractivity contribution is 0.351. The Kier molecular flexibility index (Phi) is 6.44. The third-order valence-corrected chi connectivity index (χ3v) is 5.37. The molecule has 102 valence electrons. The van der Waals surface area contributed by atoms with Crippen molar-refractivity contribution in [2.24, 2.45) is 0 Å². The molecule has 1 aliphatic rings. The second-order valence-electron chi connectivity index (χ2n) is 4.93. The van der Waals surface area contributed by atoms with Gasteiger partial charge in [0.15, 0.2) is 0 Å². The van der Waals surface area contributed by atoms with E-state index in [9.17, 15) is 8.42 Å². The van der Waals surface area contributed by atoms with Gasteiger partial charge in [0.25, 0.3) is 0 Å². The number of nitrogens with zero attached hydrogens (tertiary/aromatic N) is 1. The normalized spacial score (nSPS) is 21.9. The van der Waals surface area contributed by atoms with Gasteiger partial charge < -0.3 is 5.32 Å². The molecule has 1 aliphatic heterocycles. The van der Waals surface area contributed by atoms with Gasteiger partial charge in [0.2, 0.25) is 10.0 Å². The van der Waals surface area contributed by atoms with Gasteiger partial charge in [-0.1, -0.05) is 19.8 Å². The maximum Gasteiger partial charge on any atom is 0.213 e.